The number of fused-ring (bicyclic) bond motifs is 1. The van der Waals surface area contributed by atoms with Gasteiger partial charge in [-0.05, 0) is 44.4 Å². The fourth-order valence-electron chi connectivity index (χ4n) is 3.90. The standard InChI is InChI=1S/C23H29N3O6/c1-3-4-12-26-20(28)17-11-10-15(13-18(17)21(26)29)22(30)32-14(2)19(27)25-23(31)24-16-8-6-5-7-9-16/h10-11,13-14,16H,3-9,12H2,1-2H3,(H2,24,25,27,31)/t14-/m1/s1. The molecule has 1 heterocycles. The second-order valence-electron chi connectivity index (χ2n) is 8.22. The summed E-state index contributed by atoms with van der Waals surface area (Å²) in [5.41, 5.74) is 0.436. The largest absolute Gasteiger partial charge is 0.449 e. The number of rotatable bonds is 7. The average molecular weight is 444 g/mol. The average Bonchev–Trinajstić information content (AvgIpc) is 3.02. The molecule has 5 amide bonds. The lowest BCUT2D eigenvalue weighted by Crippen LogP contribution is -2.48. The molecule has 172 valence electrons. The molecule has 1 fully saturated rings. The minimum Gasteiger partial charge on any atom is -0.449 e. The van der Waals surface area contributed by atoms with Crippen molar-refractivity contribution in [1.29, 1.82) is 0 Å². The van der Waals surface area contributed by atoms with Crippen molar-refractivity contribution in [3.05, 3.63) is 34.9 Å². The van der Waals surface area contributed by atoms with E-state index in [0.717, 1.165) is 38.5 Å². The van der Waals surface area contributed by atoms with E-state index >= 15 is 0 Å². The molecular weight excluding hydrogens is 414 g/mol. The lowest BCUT2D eigenvalue weighted by Gasteiger charge is -2.23. The highest BCUT2D eigenvalue weighted by Crippen LogP contribution is 2.25. The zero-order valence-electron chi connectivity index (χ0n) is 18.4. The van der Waals surface area contributed by atoms with E-state index in [1.54, 1.807) is 0 Å². The third kappa shape index (κ3) is 5.33. The molecule has 0 spiro atoms. The summed E-state index contributed by atoms with van der Waals surface area (Å²) in [6.07, 6.45) is 5.29. The van der Waals surface area contributed by atoms with Gasteiger partial charge in [-0.2, -0.15) is 0 Å². The molecule has 1 saturated carbocycles. The summed E-state index contributed by atoms with van der Waals surface area (Å²) in [5.74, 6) is -2.39. The number of esters is 1. The van der Waals surface area contributed by atoms with Gasteiger partial charge in [0.15, 0.2) is 6.10 Å². The van der Waals surface area contributed by atoms with Gasteiger partial charge in [0.2, 0.25) is 0 Å². The zero-order chi connectivity index (χ0) is 23.3. The van der Waals surface area contributed by atoms with Crippen molar-refractivity contribution in [3.63, 3.8) is 0 Å². The summed E-state index contributed by atoms with van der Waals surface area (Å²) in [4.78, 5) is 62.9. The van der Waals surface area contributed by atoms with Crippen LogP contribution in [0.25, 0.3) is 0 Å². The predicted octanol–water partition coefficient (Wildman–Crippen LogP) is 2.79. The predicted molar refractivity (Wildman–Crippen MR) is 115 cm³/mol. The minimum absolute atomic E-state index is 0.0398. The second kappa shape index (κ2) is 10.4. The van der Waals surface area contributed by atoms with Gasteiger partial charge >= 0.3 is 12.0 Å². The van der Waals surface area contributed by atoms with Crippen LogP contribution in [0.2, 0.25) is 0 Å². The van der Waals surface area contributed by atoms with Crippen LogP contribution in [-0.2, 0) is 9.53 Å². The Morgan fingerprint density at radius 1 is 1.09 bits per heavy atom. The summed E-state index contributed by atoms with van der Waals surface area (Å²) in [6, 6.07) is 3.54. The molecular formula is C23H29N3O6. The smallest absolute Gasteiger partial charge is 0.338 e. The van der Waals surface area contributed by atoms with E-state index in [4.69, 9.17) is 4.74 Å². The Hall–Kier alpha value is -3.23. The first-order valence-corrected chi connectivity index (χ1v) is 11.1. The summed E-state index contributed by atoms with van der Waals surface area (Å²) < 4.78 is 5.16. The number of unbranched alkanes of at least 4 members (excludes halogenated alkanes) is 1. The molecule has 1 atom stereocenters. The number of nitrogens with one attached hydrogen (secondary N) is 2. The summed E-state index contributed by atoms with van der Waals surface area (Å²) in [7, 11) is 0. The Morgan fingerprint density at radius 3 is 2.47 bits per heavy atom. The van der Waals surface area contributed by atoms with Crippen molar-refractivity contribution in [2.45, 2.75) is 70.9 Å². The Morgan fingerprint density at radius 2 is 1.78 bits per heavy atom. The molecule has 0 aromatic heterocycles. The number of urea groups is 1. The van der Waals surface area contributed by atoms with Gasteiger partial charge in [-0.25, -0.2) is 9.59 Å². The van der Waals surface area contributed by atoms with Gasteiger partial charge in [0.25, 0.3) is 17.7 Å². The van der Waals surface area contributed by atoms with E-state index in [-0.39, 0.29) is 28.6 Å². The Bertz CT molecular complexity index is 922. The SMILES string of the molecule is CCCCN1C(=O)c2ccc(C(=O)O[C@H](C)C(=O)NC(=O)NC3CCCCC3)cc2C1=O. The van der Waals surface area contributed by atoms with Crippen LogP contribution in [0.5, 0.6) is 0 Å². The van der Waals surface area contributed by atoms with Crippen LogP contribution in [0.1, 0.15) is 89.9 Å². The maximum absolute atomic E-state index is 12.5. The molecule has 1 aliphatic carbocycles. The van der Waals surface area contributed by atoms with E-state index in [1.807, 2.05) is 6.92 Å². The number of nitrogens with zero attached hydrogens (tertiary/aromatic N) is 1. The number of imide groups is 2. The van der Waals surface area contributed by atoms with E-state index < -0.39 is 29.9 Å². The lowest BCUT2D eigenvalue weighted by atomic mass is 9.96. The Kier molecular flexibility index (Phi) is 7.61. The van der Waals surface area contributed by atoms with E-state index in [1.165, 1.54) is 30.0 Å². The number of benzene rings is 1. The first-order valence-electron chi connectivity index (χ1n) is 11.1. The highest BCUT2D eigenvalue weighted by Gasteiger charge is 2.35. The molecule has 0 saturated heterocycles. The van der Waals surface area contributed by atoms with E-state index in [0.29, 0.717) is 13.0 Å². The highest BCUT2D eigenvalue weighted by atomic mass is 16.5. The monoisotopic (exact) mass is 443 g/mol. The molecule has 2 N–H and O–H groups in total. The van der Waals surface area contributed by atoms with Crippen LogP contribution in [0.3, 0.4) is 0 Å². The van der Waals surface area contributed by atoms with Crippen LogP contribution in [0.4, 0.5) is 4.79 Å². The molecule has 2 aliphatic rings. The fraction of sp³-hybridized carbons (Fsp3) is 0.522. The maximum Gasteiger partial charge on any atom is 0.338 e. The van der Waals surface area contributed by atoms with Crippen molar-refractivity contribution >= 4 is 29.7 Å². The van der Waals surface area contributed by atoms with Gasteiger partial charge in [0.1, 0.15) is 0 Å². The summed E-state index contributed by atoms with van der Waals surface area (Å²) >= 11 is 0. The van der Waals surface area contributed by atoms with Crippen LogP contribution in [0.15, 0.2) is 18.2 Å². The van der Waals surface area contributed by atoms with Crippen molar-refractivity contribution in [3.8, 4) is 0 Å². The highest BCUT2D eigenvalue weighted by molar-refractivity contribution is 6.22. The quantitative estimate of drug-likeness (QED) is 0.494. The lowest BCUT2D eigenvalue weighted by molar-refractivity contribution is -0.127. The summed E-state index contributed by atoms with van der Waals surface area (Å²) in [5, 5.41) is 4.95. The molecule has 0 bridgehead atoms. The van der Waals surface area contributed by atoms with E-state index in [2.05, 4.69) is 10.6 Å². The Labute approximate surface area is 186 Å². The van der Waals surface area contributed by atoms with Crippen LogP contribution in [-0.4, -0.2) is 53.3 Å². The maximum atomic E-state index is 12.5. The van der Waals surface area contributed by atoms with Crippen LogP contribution in [0, 0.1) is 0 Å². The number of hydrogen-bond acceptors (Lipinski definition) is 6. The van der Waals surface area contributed by atoms with Gasteiger partial charge in [0, 0.05) is 12.6 Å². The molecule has 1 aromatic rings. The van der Waals surface area contributed by atoms with Gasteiger partial charge in [-0.1, -0.05) is 32.6 Å². The first-order chi connectivity index (χ1) is 15.3. The number of ether oxygens (including phenoxy) is 1. The van der Waals surface area contributed by atoms with Crippen molar-refractivity contribution in [1.82, 2.24) is 15.5 Å². The van der Waals surface area contributed by atoms with Crippen molar-refractivity contribution < 1.29 is 28.7 Å². The third-order valence-electron chi connectivity index (χ3n) is 5.77. The normalized spacial score (nSPS) is 17.0. The van der Waals surface area contributed by atoms with Crippen molar-refractivity contribution in [2.75, 3.05) is 6.54 Å². The first kappa shape index (κ1) is 23.4. The Balaban J connectivity index is 1.57. The minimum atomic E-state index is -1.22. The van der Waals surface area contributed by atoms with Gasteiger partial charge in [0.05, 0.1) is 16.7 Å². The molecule has 9 nitrogen and oxygen atoms in total. The van der Waals surface area contributed by atoms with Gasteiger partial charge < -0.3 is 10.1 Å². The molecule has 1 aromatic carbocycles. The van der Waals surface area contributed by atoms with E-state index in [9.17, 15) is 24.0 Å². The van der Waals surface area contributed by atoms with Gasteiger partial charge in [-0.15, -0.1) is 0 Å². The van der Waals surface area contributed by atoms with Crippen LogP contribution < -0.4 is 10.6 Å². The molecule has 0 radical (unpaired) electrons. The van der Waals surface area contributed by atoms with Gasteiger partial charge in [-0.3, -0.25) is 24.6 Å². The number of amides is 5. The molecule has 9 heteroatoms. The fourth-order valence-corrected chi connectivity index (χ4v) is 3.90. The summed E-state index contributed by atoms with van der Waals surface area (Å²) in [6.45, 7) is 3.64. The molecule has 1 aliphatic heterocycles. The molecule has 0 unspecified atom stereocenters. The zero-order valence-corrected chi connectivity index (χ0v) is 18.4. The second-order valence-corrected chi connectivity index (χ2v) is 8.22. The third-order valence-corrected chi connectivity index (χ3v) is 5.77. The topological polar surface area (TPSA) is 122 Å². The number of carbonyl (C=O) groups excluding carboxylic acids is 5. The molecule has 3 rings (SSSR count). The number of carbonyl (C=O) groups is 5. The van der Waals surface area contributed by atoms with Crippen molar-refractivity contribution in [2.24, 2.45) is 0 Å². The number of hydrogen-bond donors (Lipinski definition) is 2. The molecule has 32 heavy (non-hydrogen) atoms. The van der Waals surface area contributed by atoms with Crippen LogP contribution >= 0.6 is 0 Å².